The van der Waals surface area contributed by atoms with Gasteiger partial charge in [0.2, 0.25) is 0 Å². The number of benzene rings is 2. The van der Waals surface area contributed by atoms with Crippen LogP contribution in [0.3, 0.4) is 0 Å². The summed E-state index contributed by atoms with van der Waals surface area (Å²) in [5.74, 6) is 0. The van der Waals surface area contributed by atoms with Gasteiger partial charge in [-0.2, -0.15) is 0 Å². The molecule has 0 N–H and O–H groups in total. The number of sulfonamides is 1. The van der Waals surface area contributed by atoms with Gasteiger partial charge >= 0.3 is 0 Å². The Kier molecular flexibility index (Phi) is 4.88. The van der Waals surface area contributed by atoms with Crippen LogP contribution in [0.25, 0.3) is 5.65 Å². The van der Waals surface area contributed by atoms with Gasteiger partial charge in [-0.15, -0.1) is 0 Å². The average Bonchev–Trinajstić information content (AvgIpc) is 3.15. The number of anilines is 1. The molecule has 0 radical (unpaired) electrons. The summed E-state index contributed by atoms with van der Waals surface area (Å²) >= 11 is 0. The molecule has 142 valence electrons. The first kappa shape index (κ1) is 18.3. The Morgan fingerprint density at radius 1 is 0.929 bits per heavy atom. The number of aromatic nitrogens is 2. The molecule has 0 aliphatic carbocycles. The van der Waals surface area contributed by atoms with Crippen molar-refractivity contribution >= 4 is 21.4 Å². The molecule has 2 aromatic carbocycles. The van der Waals surface area contributed by atoms with Crippen LogP contribution >= 0.6 is 0 Å². The molecule has 0 aliphatic rings. The fourth-order valence-electron chi connectivity index (χ4n) is 3.18. The molecule has 4 aromatic rings. The van der Waals surface area contributed by atoms with Crippen LogP contribution in [-0.4, -0.2) is 17.8 Å². The average molecular weight is 391 g/mol. The predicted octanol–water partition coefficient (Wildman–Crippen LogP) is 4.29. The minimum Gasteiger partial charge on any atom is -0.302 e. The van der Waals surface area contributed by atoms with E-state index >= 15 is 0 Å². The normalized spacial score (nSPS) is 11.6. The Hall–Kier alpha value is -3.12. The zero-order valence-electron chi connectivity index (χ0n) is 15.6. The quantitative estimate of drug-likeness (QED) is 0.493. The van der Waals surface area contributed by atoms with Crippen LogP contribution in [0, 0.1) is 0 Å². The third kappa shape index (κ3) is 3.39. The predicted molar refractivity (Wildman–Crippen MR) is 111 cm³/mol. The van der Waals surface area contributed by atoms with E-state index in [9.17, 15) is 8.42 Å². The van der Waals surface area contributed by atoms with Crippen molar-refractivity contribution in [2.24, 2.45) is 0 Å². The molecule has 0 bridgehead atoms. The first-order valence-electron chi connectivity index (χ1n) is 9.17. The van der Waals surface area contributed by atoms with Crippen LogP contribution in [0.1, 0.15) is 18.2 Å². The molecular formula is C22H21N3O2S. The van der Waals surface area contributed by atoms with E-state index in [0.29, 0.717) is 5.69 Å². The minimum absolute atomic E-state index is 0.188. The topological polar surface area (TPSA) is 54.7 Å². The maximum atomic E-state index is 13.5. The van der Waals surface area contributed by atoms with Gasteiger partial charge in [-0.25, -0.2) is 13.4 Å². The number of nitrogens with zero attached hydrogens (tertiary/aromatic N) is 3. The molecule has 0 spiro atoms. The van der Waals surface area contributed by atoms with E-state index in [1.165, 1.54) is 4.31 Å². The highest BCUT2D eigenvalue weighted by atomic mass is 32.2. The van der Waals surface area contributed by atoms with Crippen molar-refractivity contribution in [3.63, 3.8) is 0 Å². The lowest BCUT2D eigenvalue weighted by Crippen LogP contribution is -2.31. The second kappa shape index (κ2) is 7.48. The van der Waals surface area contributed by atoms with Gasteiger partial charge in [0, 0.05) is 6.20 Å². The number of hydrogen-bond acceptors (Lipinski definition) is 3. The number of para-hydroxylation sites is 1. The lowest BCUT2D eigenvalue weighted by atomic mass is 10.2. The van der Waals surface area contributed by atoms with Crippen molar-refractivity contribution in [2.45, 2.75) is 24.8 Å². The van der Waals surface area contributed by atoms with Gasteiger partial charge in [-0.3, -0.25) is 4.31 Å². The van der Waals surface area contributed by atoms with Crippen LogP contribution in [-0.2, 0) is 23.0 Å². The molecule has 0 saturated heterocycles. The first-order chi connectivity index (χ1) is 13.6. The lowest BCUT2D eigenvalue weighted by molar-refractivity contribution is 0.589. The molecule has 0 aliphatic heterocycles. The van der Waals surface area contributed by atoms with Crippen molar-refractivity contribution in [2.75, 3.05) is 4.31 Å². The molecule has 4 rings (SSSR count). The summed E-state index contributed by atoms with van der Waals surface area (Å²) < 4.78 is 30.3. The second-order valence-electron chi connectivity index (χ2n) is 6.52. The number of aryl methyl sites for hydroxylation is 1. The monoisotopic (exact) mass is 391 g/mol. The van der Waals surface area contributed by atoms with Gasteiger partial charge < -0.3 is 4.40 Å². The van der Waals surface area contributed by atoms with Crippen molar-refractivity contribution in [1.29, 1.82) is 0 Å². The van der Waals surface area contributed by atoms with Crippen molar-refractivity contribution in [3.8, 4) is 0 Å². The number of pyridine rings is 1. The Bertz CT molecular complexity index is 1180. The van der Waals surface area contributed by atoms with E-state index in [0.717, 1.165) is 23.3 Å². The van der Waals surface area contributed by atoms with Gasteiger partial charge in [0.05, 0.1) is 29.0 Å². The molecule has 0 atom stereocenters. The van der Waals surface area contributed by atoms with E-state index in [1.54, 1.807) is 30.5 Å². The molecule has 5 nitrogen and oxygen atoms in total. The highest BCUT2D eigenvalue weighted by Gasteiger charge is 2.26. The summed E-state index contributed by atoms with van der Waals surface area (Å²) in [7, 11) is -3.73. The van der Waals surface area contributed by atoms with E-state index in [1.807, 2.05) is 66.1 Å². The van der Waals surface area contributed by atoms with Crippen molar-refractivity contribution < 1.29 is 8.42 Å². The third-order valence-electron chi connectivity index (χ3n) is 4.76. The smallest absolute Gasteiger partial charge is 0.264 e. The van der Waals surface area contributed by atoms with Gasteiger partial charge in [-0.05, 0) is 48.4 Å². The Morgan fingerprint density at radius 3 is 2.36 bits per heavy atom. The van der Waals surface area contributed by atoms with Crippen LogP contribution in [0.2, 0.25) is 0 Å². The first-order valence-corrected chi connectivity index (χ1v) is 10.6. The molecule has 0 amide bonds. The fourth-order valence-corrected chi connectivity index (χ4v) is 4.62. The SMILES string of the molecule is CCc1ccc(S(=O)(=O)N(Cc2cnc3ccccn23)c2ccccc2)cc1. The minimum atomic E-state index is -3.73. The molecule has 2 aromatic heterocycles. The summed E-state index contributed by atoms with van der Waals surface area (Å²) in [6.45, 7) is 2.23. The van der Waals surface area contributed by atoms with E-state index in [-0.39, 0.29) is 11.4 Å². The maximum Gasteiger partial charge on any atom is 0.264 e. The largest absolute Gasteiger partial charge is 0.302 e. The molecule has 0 fully saturated rings. The van der Waals surface area contributed by atoms with Gasteiger partial charge in [0.25, 0.3) is 10.0 Å². The Morgan fingerprint density at radius 2 is 1.64 bits per heavy atom. The summed E-state index contributed by atoms with van der Waals surface area (Å²) in [4.78, 5) is 4.66. The van der Waals surface area contributed by atoms with E-state index < -0.39 is 10.0 Å². The molecule has 0 unspecified atom stereocenters. The maximum absolute atomic E-state index is 13.5. The van der Waals surface area contributed by atoms with Crippen LogP contribution in [0.5, 0.6) is 0 Å². The molecule has 0 saturated carbocycles. The summed E-state index contributed by atoms with van der Waals surface area (Å²) in [6.07, 6.45) is 4.48. The highest BCUT2D eigenvalue weighted by Crippen LogP contribution is 2.26. The summed E-state index contributed by atoms with van der Waals surface area (Å²) in [6, 6.07) is 22.0. The molecular weight excluding hydrogens is 370 g/mol. The Balaban J connectivity index is 1.79. The van der Waals surface area contributed by atoms with E-state index in [4.69, 9.17) is 0 Å². The number of fused-ring (bicyclic) bond motifs is 1. The van der Waals surface area contributed by atoms with Crippen molar-refractivity contribution in [3.05, 3.63) is 96.4 Å². The second-order valence-corrected chi connectivity index (χ2v) is 8.39. The summed E-state index contributed by atoms with van der Waals surface area (Å²) in [5, 5.41) is 0. The number of hydrogen-bond donors (Lipinski definition) is 0. The van der Waals surface area contributed by atoms with E-state index in [2.05, 4.69) is 4.98 Å². The van der Waals surface area contributed by atoms with Crippen molar-refractivity contribution in [1.82, 2.24) is 9.38 Å². The zero-order chi connectivity index (χ0) is 19.6. The van der Waals surface area contributed by atoms with Gasteiger partial charge in [0.1, 0.15) is 5.65 Å². The van der Waals surface area contributed by atoms with Crippen LogP contribution in [0.15, 0.2) is 90.1 Å². The molecule has 28 heavy (non-hydrogen) atoms. The van der Waals surface area contributed by atoms with Crippen LogP contribution < -0.4 is 4.31 Å². The summed E-state index contributed by atoms with van der Waals surface area (Å²) in [5.41, 5.74) is 3.31. The third-order valence-corrected chi connectivity index (χ3v) is 6.55. The van der Waals surface area contributed by atoms with Gasteiger partial charge in [0.15, 0.2) is 0 Å². The number of rotatable bonds is 6. The molecule has 6 heteroatoms. The van der Waals surface area contributed by atoms with Gasteiger partial charge in [-0.1, -0.05) is 43.3 Å². The lowest BCUT2D eigenvalue weighted by Gasteiger charge is -2.24. The standard InChI is InChI=1S/C22H21N3O2S/c1-2-18-11-13-21(14-12-18)28(26,27)25(19-8-4-3-5-9-19)17-20-16-23-22-10-6-7-15-24(20)22/h3-16H,2,17H2,1H3. The fraction of sp³-hybridized carbons (Fsp3) is 0.136. The zero-order valence-corrected chi connectivity index (χ0v) is 16.4. The van der Waals surface area contributed by atoms with Crippen LogP contribution in [0.4, 0.5) is 5.69 Å². The highest BCUT2D eigenvalue weighted by molar-refractivity contribution is 7.92. The Labute approximate surface area is 164 Å². The molecule has 2 heterocycles. The number of imidazole rings is 1.